The Kier molecular flexibility index (Phi) is 3.85. The topological polar surface area (TPSA) is 56.9 Å². The first-order valence-electron chi connectivity index (χ1n) is 8.77. The number of rotatable bonds is 3. The van der Waals surface area contributed by atoms with Crippen molar-refractivity contribution in [3.8, 4) is 0 Å². The minimum Gasteiger partial charge on any atom is -0.461 e. The van der Waals surface area contributed by atoms with Crippen LogP contribution in [0.1, 0.15) is 35.4 Å². The first-order valence-corrected chi connectivity index (χ1v) is 8.77. The van der Waals surface area contributed by atoms with Crippen molar-refractivity contribution in [1.82, 2.24) is 9.80 Å². The van der Waals surface area contributed by atoms with Crippen molar-refractivity contribution in [2.24, 2.45) is 0 Å². The number of hydrogen-bond acceptors (Lipinski definition) is 4. The molecule has 2 fully saturated rings. The highest BCUT2D eigenvalue weighted by atomic mass is 16.3. The Morgan fingerprint density at radius 2 is 2.04 bits per heavy atom. The number of nitrogens with zero attached hydrogens (tertiary/aromatic N) is 2. The molecule has 0 radical (unpaired) electrons. The summed E-state index contributed by atoms with van der Waals surface area (Å²) in [5, 5.41) is 11.8. The number of aryl methyl sites for hydroxylation is 1. The molecule has 5 heteroatoms. The molecular formula is C19H24N2O3. The normalized spacial score (nSPS) is 25.0. The highest BCUT2D eigenvalue weighted by molar-refractivity contribution is 5.98. The van der Waals surface area contributed by atoms with Crippen LogP contribution in [0.3, 0.4) is 0 Å². The molecule has 2 aliphatic heterocycles. The fraction of sp³-hybridized carbons (Fsp3) is 0.526. The van der Waals surface area contributed by atoms with Gasteiger partial charge < -0.3 is 19.3 Å². The van der Waals surface area contributed by atoms with Crippen molar-refractivity contribution in [3.05, 3.63) is 35.6 Å². The molecule has 1 aromatic heterocycles. The van der Waals surface area contributed by atoms with Crippen molar-refractivity contribution < 1.29 is 14.3 Å². The molecule has 1 N–H and O–H groups in total. The van der Waals surface area contributed by atoms with Crippen LogP contribution >= 0.6 is 0 Å². The van der Waals surface area contributed by atoms with Gasteiger partial charge in [0.15, 0.2) is 0 Å². The quantitative estimate of drug-likeness (QED) is 0.940. The minimum absolute atomic E-state index is 0.00639. The molecule has 2 aromatic rings. The van der Waals surface area contributed by atoms with E-state index in [0.717, 1.165) is 29.8 Å². The second-order valence-electron chi connectivity index (χ2n) is 7.29. The smallest absolute Gasteiger partial charge is 0.253 e. The summed E-state index contributed by atoms with van der Waals surface area (Å²) in [7, 11) is 0. The lowest BCUT2D eigenvalue weighted by Crippen LogP contribution is -2.45. The zero-order chi connectivity index (χ0) is 16.7. The molecule has 0 aliphatic carbocycles. The van der Waals surface area contributed by atoms with Crippen molar-refractivity contribution >= 4 is 16.9 Å². The predicted octanol–water partition coefficient (Wildman–Crippen LogP) is 2.41. The van der Waals surface area contributed by atoms with Gasteiger partial charge in [0, 0.05) is 24.0 Å². The van der Waals surface area contributed by atoms with E-state index < -0.39 is 5.60 Å². The van der Waals surface area contributed by atoms with Crippen LogP contribution in [-0.2, 0) is 0 Å². The highest BCUT2D eigenvalue weighted by Gasteiger charge is 2.40. The van der Waals surface area contributed by atoms with Crippen LogP contribution in [0.25, 0.3) is 11.0 Å². The van der Waals surface area contributed by atoms with Gasteiger partial charge in [0.1, 0.15) is 11.3 Å². The van der Waals surface area contributed by atoms with Gasteiger partial charge in [0.25, 0.3) is 5.91 Å². The zero-order valence-corrected chi connectivity index (χ0v) is 14.1. The molecule has 2 aliphatic rings. The summed E-state index contributed by atoms with van der Waals surface area (Å²) in [6.07, 6.45) is 3.08. The van der Waals surface area contributed by atoms with Crippen LogP contribution < -0.4 is 0 Å². The van der Waals surface area contributed by atoms with Gasteiger partial charge in [-0.3, -0.25) is 4.79 Å². The monoisotopic (exact) mass is 328 g/mol. The van der Waals surface area contributed by atoms with E-state index in [4.69, 9.17) is 4.42 Å². The summed E-state index contributed by atoms with van der Waals surface area (Å²) >= 11 is 0. The maximum absolute atomic E-state index is 12.8. The van der Waals surface area contributed by atoms with E-state index in [1.54, 1.807) is 4.90 Å². The summed E-state index contributed by atoms with van der Waals surface area (Å²) in [4.78, 5) is 16.9. The van der Waals surface area contributed by atoms with Crippen LogP contribution in [0.2, 0.25) is 0 Å². The third kappa shape index (κ3) is 2.94. The highest BCUT2D eigenvalue weighted by Crippen LogP contribution is 2.27. The first kappa shape index (κ1) is 15.7. The predicted molar refractivity (Wildman–Crippen MR) is 92.1 cm³/mol. The average molecular weight is 328 g/mol. The fourth-order valence-corrected chi connectivity index (χ4v) is 4.01. The second-order valence-corrected chi connectivity index (χ2v) is 7.29. The number of fused-ring (bicyclic) bond motifs is 1. The van der Waals surface area contributed by atoms with Gasteiger partial charge >= 0.3 is 0 Å². The van der Waals surface area contributed by atoms with Gasteiger partial charge in [-0.05, 0) is 63.5 Å². The lowest BCUT2D eigenvalue weighted by Gasteiger charge is -2.28. The molecule has 5 nitrogen and oxygen atoms in total. The number of benzene rings is 1. The molecule has 128 valence electrons. The summed E-state index contributed by atoms with van der Waals surface area (Å²) in [6.45, 7) is 5.74. The summed E-state index contributed by atoms with van der Waals surface area (Å²) in [5.74, 6) is 0.837. The Morgan fingerprint density at radius 1 is 1.25 bits per heavy atom. The van der Waals surface area contributed by atoms with Gasteiger partial charge in [-0.25, -0.2) is 0 Å². The van der Waals surface area contributed by atoms with Crippen LogP contribution in [-0.4, -0.2) is 59.1 Å². The number of aliphatic hydroxyl groups is 1. The van der Waals surface area contributed by atoms with Gasteiger partial charge in [-0.15, -0.1) is 0 Å². The number of carbonyl (C=O) groups is 1. The molecule has 0 unspecified atom stereocenters. The van der Waals surface area contributed by atoms with Crippen LogP contribution in [0, 0.1) is 6.92 Å². The number of amides is 1. The SMILES string of the molecule is Cc1cc2cc(C(=O)N3CC[C@](O)(CN4CCCC4)C3)ccc2o1. The van der Waals surface area contributed by atoms with E-state index >= 15 is 0 Å². The zero-order valence-electron chi connectivity index (χ0n) is 14.1. The van der Waals surface area contributed by atoms with E-state index in [1.165, 1.54) is 12.8 Å². The summed E-state index contributed by atoms with van der Waals surface area (Å²) in [5.41, 5.74) is 0.695. The Morgan fingerprint density at radius 3 is 2.83 bits per heavy atom. The van der Waals surface area contributed by atoms with Crippen molar-refractivity contribution in [3.63, 3.8) is 0 Å². The average Bonchev–Trinajstić information content (AvgIpc) is 3.25. The molecule has 1 atom stereocenters. The van der Waals surface area contributed by atoms with Gasteiger partial charge in [0.2, 0.25) is 0 Å². The van der Waals surface area contributed by atoms with E-state index in [2.05, 4.69) is 4.90 Å². The van der Waals surface area contributed by atoms with Crippen molar-refractivity contribution in [2.75, 3.05) is 32.7 Å². The Hall–Kier alpha value is -1.85. The number of hydrogen-bond donors (Lipinski definition) is 1. The number of carbonyl (C=O) groups excluding carboxylic acids is 1. The van der Waals surface area contributed by atoms with Gasteiger partial charge in [-0.1, -0.05) is 0 Å². The van der Waals surface area contributed by atoms with E-state index in [-0.39, 0.29) is 5.91 Å². The molecule has 0 spiro atoms. The molecule has 0 bridgehead atoms. The number of β-amino-alcohol motifs (C(OH)–C–C–N with tert-alkyl or cyclic N) is 1. The first-order chi connectivity index (χ1) is 11.5. The van der Waals surface area contributed by atoms with Crippen LogP contribution in [0.15, 0.2) is 28.7 Å². The largest absolute Gasteiger partial charge is 0.461 e. The maximum Gasteiger partial charge on any atom is 0.253 e. The molecule has 24 heavy (non-hydrogen) atoms. The number of furan rings is 1. The van der Waals surface area contributed by atoms with Gasteiger partial charge in [0.05, 0.1) is 12.1 Å². The van der Waals surface area contributed by atoms with Crippen LogP contribution in [0.5, 0.6) is 0 Å². The van der Waals surface area contributed by atoms with E-state index in [9.17, 15) is 9.90 Å². The number of likely N-dealkylation sites (tertiary alicyclic amines) is 2. The molecular weight excluding hydrogens is 304 g/mol. The third-order valence-electron chi connectivity index (χ3n) is 5.22. The van der Waals surface area contributed by atoms with E-state index in [0.29, 0.717) is 31.6 Å². The summed E-state index contributed by atoms with van der Waals surface area (Å²) < 4.78 is 5.57. The van der Waals surface area contributed by atoms with Gasteiger partial charge in [-0.2, -0.15) is 0 Å². The lowest BCUT2D eigenvalue weighted by atomic mass is 10.0. The minimum atomic E-state index is -0.768. The molecule has 4 rings (SSSR count). The maximum atomic E-state index is 12.8. The summed E-state index contributed by atoms with van der Waals surface area (Å²) in [6, 6.07) is 7.49. The Balaban J connectivity index is 1.47. The molecule has 3 heterocycles. The Bertz CT molecular complexity index is 763. The van der Waals surface area contributed by atoms with Crippen molar-refractivity contribution in [2.45, 2.75) is 31.8 Å². The molecule has 0 saturated carbocycles. The van der Waals surface area contributed by atoms with Crippen molar-refractivity contribution in [1.29, 1.82) is 0 Å². The Labute approximate surface area is 141 Å². The fourth-order valence-electron chi connectivity index (χ4n) is 4.01. The standard InChI is InChI=1S/C19H24N2O3/c1-14-10-16-11-15(4-5-17(16)24-14)18(22)21-9-6-19(23,13-21)12-20-7-2-3-8-20/h4-5,10-11,23H,2-3,6-9,12-13H2,1H3/t19-/m0/s1. The molecule has 1 amide bonds. The lowest BCUT2D eigenvalue weighted by molar-refractivity contribution is 0.0175. The molecule has 2 saturated heterocycles. The van der Waals surface area contributed by atoms with Crippen LogP contribution in [0.4, 0.5) is 0 Å². The van der Waals surface area contributed by atoms with E-state index in [1.807, 2.05) is 31.2 Å². The second kappa shape index (κ2) is 5.90. The third-order valence-corrected chi connectivity index (χ3v) is 5.22. The molecule has 1 aromatic carbocycles.